The molecule has 0 aliphatic carbocycles. The molecule has 0 bridgehead atoms. The third-order valence-electron chi connectivity index (χ3n) is 2.30. The molecule has 0 saturated carbocycles. The smallest absolute Gasteiger partial charge is 0.224 e. The van der Waals surface area contributed by atoms with Crippen molar-refractivity contribution in [3.63, 3.8) is 0 Å². The molecule has 1 fully saturated rings. The highest BCUT2D eigenvalue weighted by molar-refractivity contribution is 5.77. The molecule has 14 heavy (non-hydrogen) atoms. The Morgan fingerprint density at radius 2 is 2.21 bits per heavy atom. The van der Waals surface area contributed by atoms with Gasteiger partial charge in [-0.25, -0.2) is 0 Å². The fraction of sp³-hybridized carbons (Fsp3) is 0.778. The Kier molecular flexibility index (Phi) is 4.39. The van der Waals surface area contributed by atoms with E-state index < -0.39 is 0 Å². The van der Waals surface area contributed by atoms with Gasteiger partial charge in [0.2, 0.25) is 12.3 Å². The lowest BCUT2D eigenvalue weighted by molar-refractivity contribution is -0.132. The van der Waals surface area contributed by atoms with Crippen molar-refractivity contribution in [1.82, 2.24) is 15.5 Å². The van der Waals surface area contributed by atoms with E-state index in [9.17, 15) is 9.59 Å². The Morgan fingerprint density at radius 3 is 2.79 bits per heavy atom. The summed E-state index contributed by atoms with van der Waals surface area (Å²) in [6, 6.07) is -0.0742. The molecule has 1 heterocycles. The lowest BCUT2D eigenvalue weighted by atomic mass is 10.2. The highest BCUT2D eigenvalue weighted by atomic mass is 16.2. The number of amides is 2. The number of nitrogens with one attached hydrogen (secondary N) is 2. The van der Waals surface area contributed by atoms with Crippen LogP contribution in [0.2, 0.25) is 0 Å². The first kappa shape index (κ1) is 11.0. The minimum absolute atomic E-state index is 0.0742. The van der Waals surface area contributed by atoms with Crippen LogP contribution in [-0.4, -0.2) is 49.4 Å². The topological polar surface area (TPSA) is 61.4 Å². The summed E-state index contributed by atoms with van der Waals surface area (Å²) in [5.41, 5.74) is 0. The number of carbonyl (C=O) groups excluding carboxylic acids is 2. The number of rotatable bonds is 4. The van der Waals surface area contributed by atoms with Gasteiger partial charge >= 0.3 is 0 Å². The fourth-order valence-electron chi connectivity index (χ4n) is 1.48. The monoisotopic (exact) mass is 199 g/mol. The Bertz CT molecular complexity index is 202. The number of nitrogens with zero attached hydrogens (tertiary/aromatic N) is 1. The van der Waals surface area contributed by atoms with E-state index >= 15 is 0 Å². The Labute approximate surface area is 83.8 Å². The lowest BCUT2D eigenvalue weighted by Crippen LogP contribution is -2.47. The zero-order valence-corrected chi connectivity index (χ0v) is 8.45. The SMILES string of the molecule is CC(CC(=O)N1CCNCC1)NC=O. The maximum Gasteiger partial charge on any atom is 0.224 e. The van der Waals surface area contributed by atoms with E-state index in [2.05, 4.69) is 10.6 Å². The van der Waals surface area contributed by atoms with Crippen LogP contribution < -0.4 is 10.6 Å². The van der Waals surface area contributed by atoms with E-state index in [1.165, 1.54) is 0 Å². The summed E-state index contributed by atoms with van der Waals surface area (Å²) in [6.45, 7) is 5.09. The Balaban J connectivity index is 2.28. The highest BCUT2D eigenvalue weighted by Gasteiger charge is 2.17. The van der Waals surface area contributed by atoms with Crippen LogP contribution in [0.3, 0.4) is 0 Å². The summed E-state index contributed by atoms with van der Waals surface area (Å²) in [4.78, 5) is 23.6. The van der Waals surface area contributed by atoms with Crippen molar-refractivity contribution in [2.24, 2.45) is 0 Å². The summed E-state index contributed by atoms with van der Waals surface area (Å²) >= 11 is 0. The molecule has 2 N–H and O–H groups in total. The predicted octanol–water partition coefficient (Wildman–Crippen LogP) is -1.06. The van der Waals surface area contributed by atoms with Crippen molar-refractivity contribution in [3.05, 3.63) is 0 Å². The molecular weight excluding hydrogens is 182 g/mol. The van der Waals surface area contributed by atoms with Gasteiger partial charge in [-0.15, -0.1) is 0 Å². The van der Waals surface area contributed by atoms with Crippen LogP contribution in [-0.2, 0) is 9.59 Å². The van der Waals surface area contributed by atoms with E-state index in [1.807, 2.05) is 11.8 Å². The molecule has 5 nitrogen and oxygen atoms in total. The molecule has 2 amide bonds. The molecule has 0 radical (unpaired) electrons. The van der Waals surface area contributed by atoms with Gasteiger partial charge in [-0.2, -0.15) is 0 Å². The van der Waals surface area contributed by atoms with Crippen molar-refractivity contribution < 1.29 is 9.59 Å². The number of hydrogen-bond donors (Lipinski definition) is 2. The molecule has 0 aromatic heterocycles. The van der Waals surface area contributed by atoms with Crippen molar-refractivity contribution >= 4 is 12.3 Å². The number of carbonyl (C=O) groups is 2. The maximum atomic E-state index is 11.6. The standard InChI is InChI=1S/C9H17N3O2/c1-8(11-7-13)6-9(14)12-4-2-10-3-5-12/h7-8,10H,2-6H2,1H3,(H,11,13). The summed E-state index contributed by atoms with van der Waals surface area (Å²) in [5.74, 6) is 0.119. The van der Waals surface area contributed by atoms with Gasteiger partial charge in [0.1, 0.15) is 0 Å². The number of piperazine rings is 1. The van der Waals surface area contributed by atoms with Crippen LogP contribution in [0.5, 0.6) is 0 Å². The van der Waals surface area contributed by atoms with Crippen molar-refractivity contribution in [3.8, 4) is 0 Å². The molecule has 5 heteroatoms. The average molecular weight is 199 g/mol. The summed E-state index contributed by atoms with van der Waals surface area (Å²) in [6.07, 6.45) is 1.02. The minimum Gasteiger partial charge on any atom is -0.356 e. The van der Waals surface area contributed by atoms with Gasteiger partial charge in [-0.1, -0.05) is 0 Å². The second kappa shape index (κ2) is 5.59. The second-order valence-electron chi connectivity index (χ2n) is 3.52. The molecule has 1 aliphatic rings. The third-order valence-corrected chi connectivity index (χ3v) is 2.30. The minimum atomic E-state index is -0.0742. The van der Waals surface area contributed by atoms with E-state index in [-0.39, 0.29) is 11.9 Å². The normalized spacial score (nSPS) is 18.8. The summed E-state index contributed by atoms with van der Waals surface area (Å²) in [5, 5.41) is 5.75. The van der Waals surface area contributed by atoms with Crippen molar-refractivity contribution in [2.75, 3.05) is 26.2 Å². The molecule has 0 spiro atoms. The average Bonchev–Trinajstić information content (AvgIpc) is 2.19. The summed E-state index contributed by atoms with van der Waals surface area (Å²) in [7, 11) is 0. The molecule has 80 valence electrons. The molecular formula is C9H17N3O2. The van der Waals surface area contributed by atoms with Crippen LogP contribution in [0, 0.1) is 0 Å². The summed E-state index contributed by atoms with van der Waals surface area (Å²) < 4.78 is 0. The quantitative estimate of drug-likeness (QED) is 0.568. The Hall–Kier alpha value is -1.10. The van der Waals surface area contributed by atoms with Crippen molar-refractivity contribution in [2.45, 2.75) is 19.4 Å². The number of hydrogen-bond acceptors (Lipinski definition) is 3. The van der Waals surface area contributed by atoms with Crippen LogP contribution in [0.1, 0.15) is 13.3 Å². The first-order valence-electron chi connectivity index (χ1n) is 4.92. The molecule has 1 atom stereocenters. The van der Waals surface area contributed by atoms with Gasteiger partial charge in [-0.05, 0) is 6.92 Å². The maximum absolute atomic E-state index is 11.6. The second-order valence-corrected chi connectivity index (χ2v) is 3.52. The predicted molar refractivity (Wildman–Crippen MR) is 52.7 cm³/mol. The van der Waals surface area contributed by atoms with Gasteiger partial charge in [0.25, 0.3) is 0 Å². The van der Waals surface area contributed by atoms with Gasteiger partial charge in [0.05, 0.1) is 0 Å². The van der Waals surface area contributed by atoms with E-state index in [4.69, 9.17) is 0 Å². The third kappa shape index (κ3) is 3.33. The van der Waals surface area contributed by atoms with Crippen molar-refractivity contribution in [1.29, 1.82) is 0 Å². The van der Waals surface area contributed by atoms with E-state index in [0.29, 0.717) is 12.8 Å². The molecule has 1 aliphatic heterocycles. The van der Waals surface area contributed by atoms with E-state index in [0.717, 1.165) is 26.2 Å². The molecule has 0 aromatic rings. The molecule has 1 unspecified atom stereocenters. The lowest BCUT2D eigenvalue weighted by Gasteiger charge is -2.28. The fourth-order valence-corrected chi connectivity index (χ4v) is 1.48. The van der Waals surface area contributed by atoms with Gasteiger partial charge in [0, 0.05) is 38.6 Å². The van der Waals surface area contributed by atoms with E-state index in [1.54, 1.807) is 0 Å². The Morgan fingerprint density at radius 1 is 1.57 bits per heavy atom. The van der Waals surface area contributed by atoms with Crippen LogP contribution in [0.15, 0.2) is 0 Å². The highest BCUT2D eigenvalue weighted by Crippen LogP contribution is 1.99. The zero-order valence-electron chi connectivity index (χ0n) is 8.45. The van der Waals surface area contributed by atoms with Crippen LogP contribution in [0.4, 0.5) is 0 Å². The van der Waals surface area contributed by atoms with Crippen LogP contribution >= 0.6 is 0 Å². The van der Waals surface area contributed by atoms with Crippen LogP contribution in [0.25, 0.3) is 0 Å². The van der Waals surface area contributed by atoms with Gasteiger partial charge < -0.3 is 15.5 Å². The first-order valence-corrected chi connectivity index (χ1v) is 4.92. The molecule has 1 rings (SSSR count). The van der Waals surface area contributed by atoms with Gasteiger partial charge in [-0.3, -0.25) is 9.59 Å². The van der Waals surface area contributed by atoms with Gasteiger partial charge in [0.15, 0.2) is 0 Å². The first-order chi connectivity index (χ1) is 6.74. The molecule has 1 saturated heterocycles. The zero-order chi connectivity index (χ0) is 10.4. The molecule has 0 aromatic carbocycles. The largest absolute Gasteiger partial charge is 0.356 e.